The van der Waals surface area contributed by atoms with Gasteiger partial charge in [-0.15, -0.1) is 12.3 Å². The van der Waals surface area contributed by atoms with Gasteiger partial charge in [-0.1, -0.05) is 0 Å². The highest BCUT2D eigenvalue weighted by atomic mass is 16.5. The Kier molecular flexibility index (Phi) is 3.45. The van der Waals surface area contributed by atoms with Gasteiger partial charge in [0.1, 0.15) is 12.9 Å². The first-order valence-electron chi connectivity index (χ1n) is 3.71. The van der Waals surface area contributed by atoms with Crippen LogP contribution in [0, 0.1) is 12.3 Å². The van der Waals surface area contributed by atoms with E-state index >= 15 is 0 Å². The molecule has 0 radical (unpaired) electrons. The molecule has 66 valence electrons. The van der Waals surface area contributed by atoms with Crippen LogP contribution in [0.15, 0.2) is 18.6 Å². The first-order valence-corrected chi connectivity index (χ1v) is 3.71. The molecule has 0 spiro atoms. The molecular weight excluding hydrogens is 168 g/mol. The van der Waals surface area contributed by atoms with Gasteiger partial charge in [-0.05, 0) is 6.07 Å². The number of aromatic nitrogens is 2. The van der Waals surface area contributed by atoms with Crippen LogP contribution < -0.4 is 0 Å². The molecule has 0 aliphatic carbocycles. The topological polar surface area (TPSA) is 52.1 Å². The molecule has 0 amide bonds. The van der Waals surface area contributed by atoms with E-state index in [1.165, 1.54) is 18.6 Å². The SMILES string of the molecule is C#CCCOC(=O)c1ccncn1. The molecule has 0 unspecified atom stereocenters. The highest BCUT2D eigenvalue weighted by Gasteiger charge is 2.06. The van der Waals surface area contributed by atoms with E-state index in [4.69, 9.17) is 11.2 Å². The number of carbonyl (C=O) groups is 1. The van der Waals surface area contributed by atoms with Gasteiger partial charge in [0.25, 0.3) is 0 Å². The molecule has 0 fully saturated rings. The zero-order valence-corrected chi connectivity index (χ0v) is 6.93. The maximum absolute atomic E-state index is 11.1. The number of terminal acetylenes is 1. The molecule has 0 N–H and O–H groups in total. The molecule has 1 heterocycles. The van der Waals surface area contributed by atoms with Crippen LogP contribution in [0.3, 0.4) is 0 Å². The van der Waals surface area contributed by atoms with Crippen LogP contribution in [-0.2, 0) is 4.74 Å². The van der Waals surface area contributed by atoms with Crippen molar-refractivity contribution >= 4 is 5.97 Å². The second-order valence-electron chi connectivity index (χ2n) is 2.18. The van der Waals surface area contributed by atoms with Gasteiger partial charge in [0.2, 0.25) is 0 Å². The fourth-order valence-corrected chi connectivity index (χ4v) is 0.688. The van der Waals surface area contributed by atoms with Gasteiger partial charge in [-0.25, -0.2) is 14.8 Å². The standard InChI is InChI=1S/C9H8N2O2/c1-2-3-6-13-9(12)8-4-5-10-7-11-8/h1,4-5,7H,3,6H2. The Morgan fingerprint density at radius 2 is 2.54 bits per heavy atom. The fourth-order valence-electron chi connectivity index (χ4n) is 0.688. The molecule has 0 bridgehead atoms. The van der Waals surface area contributed by atoms with Gasteiger partial charge in [0.15, 0.2) is 5.69 Å². The summed E-state index contributed by atoms with van der Waals surface area (Å²) in [6.07, 6.45) is 8.17. The summed E-state index contributed by atoms with van der Waals surface area (Å²) < 4.78 is 4.80. The molecular formula is C9H8N2O2. The van der Waals surface area contributed by atoms with Crippen molar-refractivity contribution in [2.75, 3.05) is 6.61 Å². The maximum atomic E-state index is 11.1. The van der Waals surface area contributed by atoms with Crippen LogP contribution in [0.1, 0.15) is 16.9 Å². The van der Waals surface area contributed by atoms with Gasteiger partial charge < -0.3 is 4.74 Å². The van der Waals surface area contributed by atoms with Crippen molar-refractivity contribution in [1.29, 1.82) is 0 Å². The third kappa shape index (κ3) is 2.91. The number of ether oxygens (including phenoxy) is 1. The Labute approximate surface area is 76.0 Å². The summed E-state index contributed by atoms with van der Waals surface area (Å²) >= 11 is 0. The first kappa shape index (κ1) is 9.20. The molecule has 0 aliphatic rings. The predicted octanol–water partition coefficient (Wildman–Crippen LogP) is 0.657. The number of nitrogens with zero attached hydrogens (tertiary/aromatic N) is 2. The zero-order chi connectivity index (χ0) is 9.52. The minimum atomic E-state index is -0.474. The predicted molar refractivity (Wildman–Crippen MR) is 45.8 cm³/mol. The summed E-state index contributed by atoms with van der Waals surface area (Å²) in [5.74, 6) is 1.89. The van der Waals surface area contributed by atoms with Crippen LogP contribution in [-0.4, -0.2) is 22.5 Å². The Hall–Kier alpha value is -1.89. The van der Waals surface area contributed by atoms with Crippen LogP contribution in [0.25, 0.3) is 0 Å². The number of carbonyl (C=O) groups excluding carboxylic acids is 1. The minimum absolute atomic E-state index is 0.222. The van der Waals surface area contributed by atoms with Gasteiger partial charge in [0.05, 0.1) is 0 Å². The minimum Gasteiger partial charge on any atom is -0.460 e. The second kappa shape index (κ2) is 4.88. The number of hydrogen-bond acceptors (Lipinski definition) is 4. The Morgan fingerprint density at radius 1 is 1.69 bits per heavy atom. The molecule has 0 saturated carbocycles. The number of rotatable bonds is 3. The van der Waals surface area contributed by atoms with Crippen molar-refractivity contribution < 1.29 is 9.53 Å². The van der Waals surface area contributed by atoms with E-state index < -0.39 is 5.97 Å². The molecule has 0 atom stereocenters. The molecule has 1 aromatic rings. The van der Waals surface area contributed by atoms with E-state index in [1.54, 1.807) is 0 Å². The van der Waals surface area contributed by atoms with Crippen molar-refractivity contribution in [2.24, 2.45) is 0 Å². The van der Waals surface area contributed by atoms with Crippen LogP contribution in [0.2, 0.25) is 0 Å². The molecule has 4 nitrogen and oxygen atoms in total. The second-order valence-corrected chi connectivity index (χ2v) is 2.18. The molecule has 4 heteroatoms. The third-order valence-electron chi connectivity index (χ3n) is 1.27. The summed E-state index contributed by atoms with van der Waals surface area (Å²) in [4.78, 5) is 18.5. The smallest absolute Gasteiger partial charge is 0.357 e. The molecule has 0 saturated heterocycles. The largest absolute Gasteiger partial charge is 0.460 e. The van der Waals surface area contributed by atoms with E-state index in [-0.39, 0.29) is 12.3 Å². The molecule has 1 aromatic heterocycles. The lowest BCUT2D eigenvalue weighted by Crippen LogP contribution is -2.07. The van der Waals surface area contributed by atoms with Crippen molar-refractivity contribution in [3.8, 4) is 12.3 Å². The number of hydrogen-bond donors (Lipinski definition) is 0. The molecule has 1 rings (SSSR count). The van der Waals surface area contributed by atoms with Crippen molar-refractivity contribution in [3.05, 3.63) is 24.3 Å². The van der Waals surface area contributed by atoms with E-state index in [0.717, 1.165) is 0 Å². The summed E-state index contributed by atoms with van der Waals surface area (Å²) in [5.41, 5.74) is 0.243. The van der Waals surface area contributed by atoms with Crippen LogP contribution in [0.5, 0.6) is 0 Å². The van der Waals surface area contributed by atoms with Gasteiger partial charge in [-0.3, -0.25) is 0 Å². The maximum Gasteiger partial charge on any atom is 0.357 e. The van der Waals surface area contributed by atoms with Gasteiger partial charge >= 0.3 is 5.97 Å². The Morgan fingerprint density at radius 3 is 3.15 bits per heavy atom. The third-order valence-corrected chi connectivity index (χ3v) is 1.27. The van der Waals surface area contributed by atoms with Gasteiger partial charge in [0, 0.05) is 12.6 Å². The Bertz CT molecular complexity index is 316. The number of esters is 1. The van der Waals surface area contributed by atoms with E-state index in [2.05, 4.69) is 15.9 Å². The van der Waals surface area contributed by atoms with Crippen molar-refractivity contribution in [2.45, 2.75) is 6.42 Å². The summed E-state index contributed by atoms with van der Waals surface area (Å²) in [6, 6.07) is 1.48. The summed E-state index contributed by atoms with van der Waals surface area (Å²) in [6.45, 7) is 0.222. The average molecular weight is 176 g/mol. The normalized spacial score (nSPS) is 8.85. The quantitative estimate of drug-likeness (QED) is 0.385. The van der Waals surface area contributed by atoms with E-state index in [9.17, 15) is 4.79 Å². The lowest BCUT2D eigenvalue weighted by Gasteiger charge is -1.99. The van der Waals surface area contributed by atoms with Crippen molar-refractivity contribution in [1.82, 2.24) is 9.97 Å². The molecule has 13 heavy (non-hydrogen) atoms. The Balaban J connectivity index is 2.46. The van der Waals surface area contributed by atoms with E-state index in [0.29, 0.717) is 6.42 Å². The molecule has 0 aliphatic heterocycles. The zero-order valence-electron chi connectivity index (χ0n) is 6.93. The highest BCUT2D eigenvalue weighted by Crippen LogP contribution is 1.95. The van der Waals surface area contributed by atoms with Crippen LogP contribution >= 0.6 is 0 Å². The summed E-state index contributed by atoms with van der Waals surface area (Å²) in [7, 11) is 0. The van der Waals surface area contributed by atoms with E-state index in [1.807, 2.05) is 0 Å². The highest BCUT2D eigenvalue weighted by molar-refractivity contribution is 5.86. The average Bonchev–Trinajstić information content (AvgIpc) is 2.19. The van der Waals surface area contributed by atoms with Crippen LogP contribution in [0.4, 0.5) is 0 Å². The lowest BCUT2D eigenvalue weighted by atomic mass is 10.4. The first-order chi connectivity index (χ1) is 6.34. The lowest BCUT2D eigenvalue weighted by molar-refractivity contribution is 0.0506. The fraction of sp³-hybridized carbons (Fsp3) is 0.222. The summed E-state index contributed by atoms with van der Waals surface area (Å²) in [5, 5.41) is 0. The monoisotopic (exact) mass is 176 g/mol. The molecule has 0 aromatic carbocycles. The van der Waals surface area contributed by atoms with Gasteiger partial charge in [-0.2, -0.15) is 0 Å². The van der Waals surface area contributed by atoms with Crippen molar-refractivity contribution in [3.63, 3.8) is 0 Å².